The average molecular weight is 425 g/mol. The number of aliphatic hydroxyl groups is 1. The Bertz CT molecular complexity index is 1160. The average Bonchev–Trinajstić information content (AvgIpc) is 3.33. The first-order chi connectivity index (χ1) is 15.6. The van der Waals surface area contributed by atoms with Crippen molar-refractivity contribution in [3.63, 3.8) is 0 Å². The van der Waals surface area contributed by atoms with Gasteiger partial charge in [-0.2, -0.15) is 5.10 Å². The fourth-order valence-electron chi connectivity index (χ4n) is 3.50. The Labute approximate surface area is 186 Å². The van der Waals surface area contributed by atoms with E-state index in [9.17, 15) is 9.90 Å². The first kappa shape index (κ1) is 21.1. The molecule has 6 nitrogen and oxygen atoms in total. The number of hydrogen-bond donors (Lipinski definition) is 2. The maximum Gasteiger partial charge on any atom is 0.281 e. The van der Waals surface area contributed by atoms with Crippen LogP contribution in [0.3, 0.4) is 0 Å². The number of nitrogens with one attached hydrogen (secondary N) is 1. The van der Waals surface area contributed by atoms with Gasteiger partial charge in [0.15, 0.2) is 5.60 Å². The normalized spacial score (nSPS) is 11.4. The van der Waals surface area contributed by atoms with E-state index in [2.05, 4.69) is 10.5 Å². The van der Waals surface area contributed by atoms with Crippen LogP contribution in [0.15, 0.2) is 108 Å². The quantitative estimate of drug-likeness (QED) is 0.349. The number of nitrogens with zero attached hydrogens (tertiary/aromatic N) is 2. The van der Waals surface area contributed by atoms with E-state index in [1.807, 2.05) is 59.3 Å². The summed E-state index contributed by atoms with van der Waals surface area (Å²) in [4.78, 5) is 13.1. The molecule has 4 aromatic rings. The lowest BCUT2D eigenvalue weighted by Gasteiger charge is -2.27. The maximum atomic E-state index is 13.1. The Hall–Kier alpha value is -4.16. The third kappa shape index (κ3) is 4.17. The molecule has 1 aromatic heterocycles. The molecule has 0 saturated carbocycles. The Morgan fingerprint density at radius 1 is 0.906 bits per heavy atom. The number of aromatic nitrogens is 1. The second-order valence-corrected chi connectivity index (χ2v) is 7.14. The van der Waals surface area contributed by atoms with Crippen molar-refractivity contribution in [1.82, 2.24) is 9.99 Å². The van der Waals surface area contributed by atoms with Crippen LogP contribution in [-0.2, 0) is 10.4 Å². The zero-order valence-corrected chi connectivity index (χ0v) is 17.6. The van der Waals surface area contributed by atoms with E-state index < -0.39 is 11.5 Å². The Kier molecular flexibility index (Phi) is 6.14. The summed E-state index contributed by atoms with van der Waals surface area (Å²) >= 11 is 0. The zero-order valence-electron chi connectivity index (χ0n) is 17.6. The molecule has 0 aliphatic heterocycles. The first-order valence-electron chi connectivity index (χ1n) is 10.1. The van der Waals surface area contributed by atoms with Crippen LogP contribution in [0, 0.1) is 0 Å². The number of carbonyl (C=O) groups excluding carboxylic acids is 1. The van der Waals surface area contributed by atoms with Gasteiger partial charge in [0.1, 0.15) is 5.75 Å². The summed E-state index contributed by atoms with van der Waals surface area (Å²) in [7, 11) is 1.62. The SMILES string of the molecule is COc1ccc(-n2cccc2/C=N\NC(=O)C(O)(c2ccccc2)c2ccccc2)cc1. The Balaban J connectivity index is 1.58. The highest BCUT2D eigenvalue weighted by molar-refractivity contribution is 5.91. The van der Waals surface area contributed by atoms with Crippen LogP contribution in [-0.4, -0.2) is 28.9 Å². The van der Waals surface area contributed by atoms with E-state index in [4.69, 9.17) is 4.74 Å². The van der Waals surface area contributed by atoms with Crippen molar-refractivity contribution in [2.45, 2.75) is 5.60 Å². The van der Waals surface area contributed by atoms with E-state index in [1.54, 1.807) is 61.9 Å². The lowest BCUT2D eigenvalue weighted by molar-refractivity contribution is -0.136. The lowest BCUT2D eigenvalue weighted by Crippen LogP contribution is -2.43. The first-order valence-corrected chi connectivity index (χ1v) is 10.1. The van der Waals surface area contributed by atoms with Gasteiger partial charge in [-0.05, 0) is 47.5 Å². The number of amides is 1. The highest BCUT2D eigenvalue weighted by Gasteiger charge is 2.39. The van der Waals surface area contributed by atoms with Crippen molar-refractivity contribution in [2.75, 3.05) is 7.11 Å². The van der Waals surface area contributed by atoms with Crippen molar-refractivity contribution in [1.29, 1.82) is 0 Å². The molecule has 160 valence electrons. The topological polar surface area (TPSA) is 75.8 Å². The summed E-state index contributed by atoms with van der Waals surface area (Å²) in [5.41, 5.74) is 3.23. The van der Waals surface area contributed by atoms with Crippen molar-refractivity contribution in [3.05, 3.63) is 120 Å². The minimum atomic E-state index is -1.88. The molecular formula is C26H23N3O3. The van der Waals surface area contributed by atoms with Crippen LogP contribution in [0.2, 0.25) is 0 Å². The van der Waals surface area contributed by atoms with Gasteiger partial charge in [-0.25, -0.2) is 5.43 Å². The smallest absolute Gasteiger partial charge is 0.281 e. The molecule has 0 aliphatic carbocycles. The fraction of sp³-hybridized carbons (Fsp3) is 0.0769. The van der Waals surface area contributed by atoms with Gasteiger partial charge < -0.3 is 14.4 Å². The molecule has 6 heteroatoms. The fourth-order valence-corrected chi connectivity index (χ4v) is 3.50. The number of ether oxygens (including phenoxy) is 1. The highest BCUT2D eigenvalue weighted by Crippen LogP contribution is 2.29. The molecule has 0 radical (unpaired) electrons. The van der Waals surface area contributed by atoms with E-state index in [1.165, 1.54) is 0 Å². The highest BCUT2D eigenvalue weighted by atomic mass is 16.5. The molecule has 0 fully saturated rings. The van der Waals surface area contributed by atoms with Crippen LogP contribution in [0.1, 0.15) is 16.8 Å². The van der Waals surface area contributed by atoms with E-state index in [0.717, 1.165) is 17.1 Å². The number of hydrazone groups is 1. The Morgan fingerprint density at radius 3 is 2.06 bits per heavy atom. The molecule has 32 heavy (non-hydrogen) atoms. The second kappa shape index (κ2) is 9.32. The minimum Gasteiger partial charge on any atom is -0.497 e. The zero-order chi connectivity index (χ0) is 22.4. The van der Waals surface area contributed by atoms with Crippen LogP contribution in [0.4, 0.5) is 0 Å². The van der Waals surface area contributed by atoms with Crippen LogP contribution < -0.4 is 10.2 Å². The number of rotatable bonds is 7. The molecule has 0 bridgehead atoms. The third-order valence-corrected chi connectivity index (χ3v) is 5.21. The van der Waals surface area contributed by atoms with Crippen molar-refractivity contribution in [3.8, 4) is 11.4 Å². The monoisotopic (exact) mass is 425 g/mol. The molecule has 0 spiro atoms. The molecular weight excluding hydrogens is 402 g/mol. The summed E-state index contributed by atoms with van der Waals surface area (Å²) in [6.45, 7) is 0. The standard InChI is InChI=1S/C26H23N3O3/c1-32-24-16-14-22(15-17-24)29-18-8-13-23(29)19-27-28-25(30)26(31,20-9-4-2-5-10-20)21-11-6-3-7-12-21/h2-19,31H,1H3,(H,28,30)/b27-19-. The van der Waals surface area contributed by atoms with Gasteiger partial charge in [0.25, 0.3) is 5.91 Å². The van der Waals surface area contributed by atoms with Gasteiger partial charge >= 0.3 is 0 Å². The molecule has 0 atom stereocenters. The summed E-state index contributed by atoms with van der Waals surface area (Å²) < 4.78 is 7.13. The molecule has 0 unspecified atom stereocenters. The van der Waals surface area contributed by atoms with Gasteiger partial charge in [-0.1, -0.05) is 60.7 Å². The molecule has 4 rings (SSSR count). The second-order valence-electron chi connectivity index (χ2n) is 7.14. The van der Waals surface area contributed by atoms with Gasteiger partial charge in [0.2, 0.25) is 0 Å². The predicted molar refractivity (Wildman–Crippen MR) is 124 cm³/mol. The lowest BCUT2D eigenvalue weighted by atomic mass is 9.85. The number of benzene rings is 3. The van der Waals surface area contributed by atoms with E-state index in [0.29, 0.717) is 11.1 Å². The van der Waals surface area contributed by atoms with Crippen LogP contribution >= 0.6 is 0 Å². The van der Waals surface area contributed by atoms with Crippen LogP contribution in [0.5, 0.6) is 5.75 Å². The van der Waals surface area contributed by atoms with Crippen molar-refractivity contribution in [2.24, 2.45) is 5.10 Å². The van der Waals surface area contributed by atoms with Gasteiger partial charge in [-0.15, -0.1) is 0 Å². The van der Waals surface area contributed by atoms with Gasteiger partial charge in [0, 0.05) is 11.9 Å². The summed E-state index contributed by atoms with van der Waals surface area (Å²) in [5, 5.41) is 15.6. The molecule has 1 amide bonds. The summed E-state index contributed by atoms with van der Waals surface area (Å²) in [6, 6.07) is 29.0. The summed E-state index contributed by atoms with van der Waals surface area (Å²) in [6.07, 6.45) is 3.44. The molecule has 1 heterocycles. The minimum absolute atomic E-state index is 0.459. The molecule has 0 saturated heterocycles. The third-order valence-electron chi connectivity index (χ3n) is 5.21. The number of methoxy groups -OCH3 is 1. The van der Waals surface area contributed by atoms with Crippen molar-refractivity contribution < 1.29 is 14.6 Å². The molecule has 0 aliphatic rings. The van der Waals surface area contributed by atoms with Gasteiger partial charge in [-0.3, -0.25) is 4.79 Å². The summed E-state index contributed by atoms with van der Waals surface area (Å²) in [5.74, 6) is 0.123. The van der Waals surface area contributed by atoms with E-state index in [-0.39, 0.29) is 0 Å². The van der Waals surface area contributed by atoms with E-state index >= 15 is 0 Å². The predicted octanol–water partition coefficient (Wildman–Crippen LogP) is 3.87. The molecule has 2 N–H and O–H groups in total. The Morgan fingerprint density at radius 2 is 1.50 bits per heavy atom. The van der Waals surface area contributed by atoms with Crippen molar-refractivity contribution >= 4 is 12.1 Å². The maximum absolute atomic E-state index is 13.1. The largest absolute Gasteiger partial charge is 0.497 e. The number of hydrogen-bond acceptors (Lipinski definition) is 4. The van der Waals surface area contributed by atoms with Gasteiger partial charge in [0.05, 0.1) is 19.0 Å². The van der Waals surface area contributed by atoms with Crippen LogP contribution in [0.25, 0.3) is 5.69 Å². The molecule has 3 aromatic carbocycles. The number of carbonyl (C=O) groups is 1.